The molecule has 3 aliphatic rings. The van der Waals surface area contributed by atoms with Crippen molar-refractivity contribution in [2.45, 2.75) is 13.8 Å². The summed E-state index contributed by atoms with van der Waals surface area (Å²) in [6.45, 7) is 9.26. The van der Waals surface area contributed by atoms with Crippen molar-refractivity contribution in [3.8, 4) is 0 Å². The molecule has 0 spiro atoms. The van der Waals surface area contributed by atoms with E-state index in [1.165, 1.54) is 0 Å². The Morgan fingerprint density at radius 1 is 1.06 bits per heavy atom. The van der Waals surface area contributed by atoms with Crippen molar-refractivity contribution in [1.29, 1.82) is 0 Å². The number of allylic oxidation sites excluding steroid dienone is 6. The number of piperazine rings is 1. The minimum Gasteiger partial charge on any atom is -0.368 e. The molecule has 1 saturated heterocycles. The molecule has 5 heterocycles. The molecule has 3 aliphatic heterocycles. The molecule has 2 aromatic rings. The van der Waals surface area contributed by atoms with E-state index >= 15 is 0 Å². The van der Waals surface area contributed by atoms with Crippen LogP contribution in [0.1, 0.15) is 18.3 Å². The van der Waals surface area contributed by atoms with Crippen LogP contribution in [0.25, 0.3) is 11.1 Å². The molecule has 5 rings (SSSR count). The van der Waals surface area contributed by atoms with Gasteiger partial charge in [0.1, 0.15) is 0 Å². The summed E-state index contributed by atoms with van der Waals surface area (Å²) in [4.78, 5) is 24.1. The third kappa shape index (κ3) is 3.84. The zero-order chi connectivity index (χ0) is 21.4. The number of aryl methyl sites for hydroxylation is 1. The van der Waals surface area contributed by atoms with Crippen LogP contribution in [0.3, 0.4) is 0 Å². The van der Waals surface area contributed by atoms with Gasteiger partial charge in [-0.3, -0.25) is 14.7 Å². The van der Waals surface area contributed by atoms with Crippen LogP contribution in [0.15, 0.2) is 72.5 Å². The van der Waals surface area contributed by atoms with Gasteiger partial charge in [0, 0.05) is 49.7 Å². The van der Waals surface area contributed by atoms with Crippen LogP contribution in [0.2, 0.25) is 0 Å². The van der Waals surface area contributed by atoms with E-state index in [1.54, 1.807) is 21.7 Å². The fourth-order valence-electron chi connectivity index (χ4n) is 4.13. The summed E-state index contributed by atoms with van der Waals surface area (Å²) in [6.07, 6.45) is 17.3. The molecule has 0 aliphatic carbocycles. The molecule has 158 valence electrons. The predicted octanol–water partition coefficient (Wildman–Crippen LogP) is 2.75. The minimum atomic E-state index is -0.0778. The van der Waals surface area contributed by atoms with Gasteiger partial charge < -0.3 is 9.80 Å². The van der Waals surface area contributed by atoms with Crippen LogP contribution in [0, 0.1) is 6.92 Å². The lowest BCUT2D eigenvalue weighted by atomic mass is 10.1. The van der Waals surface area contributed by atoms with E-state index in [0.717, 1.165) is 66.6 Å². The van der Waals surface area contributed by atoms with Crippen molar-refractivity contribution >= 4 is 17.0 Å². The van der Waals surface area contributed by atoms with Gasteiger partial charge in [0.05, 0.1) is 35.0 Å². The first-order valence-electron chi connectivity index (χ1n) is 10.7. The number of aromatic nitrogens is 3. The number of rotatable bonds is 3. The smallest absolute Gasteiger partial charge is 0.255 e. The standard InChI is InChI=1S/C24H26N6O/c1-3-27-9-11-28(12-10-27)21-8-7-20-6-4-5-19(13-24(31)29(20)17-21)23-14-22-15-25-18(2)16-30(22)26-23/h4-8,13-17H,3,9-12H2,1-2H3/b5-4+,19-13+,20-6?. The molecular formula is C24H26N6O. The van der Waals surface area contributed by atoms with Gasteiger partial charge in [-0.1, -0.05) is 19.1 Å². The van der Waals surface area contributed by atoms with Gasteiger partial charge in [-0.05, 0) is 37.8 Å². The Bertz CT molecular complexity index is 1170. The Balaban J connectivity index is 1.43. The Labute approximate surface area is 182 Å². The van der Waals surface area contributed by atoms with E-state index in [1.807, 2.05) is 49.7 Å². The highest BCUT2D eigenvalue weighted by Crippen LogP contribution is 2.25. The molecular weight excluding hydrogens is 388 g/mol. The van der Waals surface area contributed by atoms with Gasteiger partial charge in [0.25, 0.3) is 5.91 Å². The number of hydrogen-bond donors (Lipinski definition) is 0. The van der Waals surface area contributed by atoms with E-state index in [0.29, 0.717) is 0 Å². The molecule has 2 aromatic heterocycles. The van der Waals surface area contributed by atoms with Crippen LogP contribution in [0.4, 0.5) is 0 Å². The van der Waals surface area contributed by atoms with Crippen LogP contribution < -0.4 is 0 Å². The Kier molecular flexibility index (Phi) is 5.03. The molecule has 0 N–H and O–H groups in total. The van der Waals surface area contributed by atoms with Crippen LogP contribution in [0.5, 0.6) is 0 Å². The number of carbonyl (C=O) groups is 1. The summed E-state index contributed by atoms with van der Waals surface area (Å²) in [5.74, 6) is -0.0778. The molecule has 0 saturated carbocycles. The second-order valence-electron chi connectivity index (χ2n) is 7.99. The van der Waals surface area contributed by atoms with Crippen LogP contribution >= 0.6 is 0 Å². The van der Waals surface area contributed by atoms with E-state index in [4.69, 9.17) is 0 Å². The summed E-state index contributed by atoms with van der Waals surface area (Å²) < 4.78 is 1.80. The Morgan fingerprint density at radius 2 is 1.87 bits per heavy atom. The fourth-order valence-corrected chi connectivity index (χ4v) is 4.13. The quantitative estimate of drug-likeness (QED) is 0.773. The molecule has 1 amide bonds. The van der Waals surface area contributed by atoms with Crippen LogP contribution in [-0.2, 0) is 4.79 Å². The molecule has 0 unspecified atom stereocenters. The molecule has 7 heteroatoms. The van der Waals surface area contributed by atoms with Gasteiger partial charge in [-0.2, -0.15) is 5.10 Å². The highest BCUT2D eigenvalue weighted by molar-refractivity contribution is 5.99. The molecule has 7 nitrogen and oxygen atoms in total. The first-order chi connectivity index (χ1) is 15.1. The van der Waals surface area contributed by atoms with Gasteiger partial charge >= 0.3 is 0 Å². The fraction of sp³-hybridized carbons (Fsp3) is 0.292. The van der Waals surface area contributed by atoms with Crippen molar-refractivity contribution in [3.05, 3.63) is 83.9 Å². The number of carbonyl (C=O) groups excluding carboxylic acids is 1. The maximum atomic E-state index is 13.2. The SMILES string of the molecule is CCN1CCN(C2=CN3C(=O)/C=C(c4cc5cnc(C)cn5n4)\C=C\C=C3C=C2)CC1. The number of nitrogens with zero attached hydrogens (tertiary/aromatic N) is 6. The summed E-state index contributed by atoms with van der Waals surface area (Å²) in [6, 6.07) is 1.95. The highest BCUT2D eigenvalue weighted by Gasteiger charge is 2.23. The highest BCUT2D eigenvalue weighted by atomic mass is 16.2. The number of fused-ring (bicyclic) bond motifs is 2. The largest absolute Gasteiger partial charge is 0.368 e. The van der Waals surface area contributed by atoms with E-state index in [2.05, 4.69) is 32.9 Å². The molecule has 1 fully saturated rings. The molecule has 31 heavy (non-hydrogen) atoms. The lowest BCUT2D eigenvalue weighted by Crippen LogP contribution is -2.46. The van der Waals surface area contributed by atoms with Crippen molar-refractivity contribution < 1.29 is 4.79 Å². The zero-order valence-corrected chi connectivity index (χ0v) is 17.9. The van der Waals surface area contributed by atoms with E-state index in [-0.39, 0.29) is 5.91 Å². The van der Waals surface area contributed by atoms with Crippen molar-refractivity contribution in [1.82, 2.24) is 29.3 Å². The third-order valence-electron chi connectivity index (χ3n) is 5.98. The lowest BCUT2D eigenvalue weighted by molar-refractivity contribution is -0.122. The maximum Gasteiger partial charge on any atom is 0.255 e. The first-order valence-corrected chi connectivity index (χ1v) is 10.7. The summed E-state index contributed by atoms with van der Waals surface area (Å²) >= 11 is 0. The maximum absolute atomic E-state index is 13.2. The van der Waals surface area contributed by atoms with Crippen molar-refractivity contribution in [2.24, 2.45) is 0 Å². The third-order valence-corrected chi connectivity index (χ3v) is 5.98. The predicted molar refractivity (Wildman–Crippen MR) is 121 cm³/mol. The second kappa shape index (κ2) is 8.00. The topological polar surface area (TPSA) is 57.0 Å². The number of hydrogen-bond acceptors (Lipinski definition) is 5. The molecule has 0 bridgehead atoms. The van der Waals surface area contributed by atoms with Crippen molar-refractivity contribution in [2.75, 3.05) is 32.7 Å². The summed E-state index contributed by atoms with van der Waals surface area (Å²) in [7, 11) is 0. The lowest BCUT2D eigenvalue weighted by Gasteiger charge is -2.37. The van der Waals surface area contributed by atoms with Gasteiger partial charge in [-0.25, -0.2) is 4.52 Å². The zero-order valence-electron chi connectivity index (χ0n) is 17.9. The average Bonchev–Trinajstić information content (AvgIpc) is 3.20. The van der Waals surface area contributed by atoms with Crippen LogP contribution in [-0.4, -0.2) is 67.9 Å². The molecule has 0 atom stereocenters. The average molecular weight is 415 g/mol. The normalized spacial score (nSPS) is 22.4. The minimum absolute atomic E-state index is 0.0778. The molecule has 0 aromatic carbocycles. The van der Waals surface area contributed by atoms with Gasteiger partial charge in [0.2, 0.25) is 0 Å². The summed E-state index contributed by atoms with van der Waals surface area (Å²) in [5, 5.41) is 4.63. The van der Waals surface area contributed by atoms with E-state index < -0.39 is 0 Å². The summed E-state index contributed by atoms with van der Waals surface area (Å²) in [5.41, 5.74) is 5.27. The molecule has 0 radical (unpaired) electrons. The first kappa shape index (κ1) is 19.5. The second-order valence-corrected chi connectivity index (χ2v) is 7.99. The number of amides is 1. The monoisotopic (exact) mass is 414 g/mol. The van der Waals surface area contributed by atoms with Crippen molar-refractivity contribution in [3.63, 3.8) is 0 Å². The number of likely N-dealkylation sites (N-methyl/N-ethyl adjacent to an activating group) is 1. The van der Waals surface area contributed by atoms with Gasteiger partial charge in [-0.15, -0.1) is 0 Å². The van der Waals surface area contributed by atoms with Gasteiger partial charge in [0.15, 0.2) is 0 Å². The Hall–Kier alpha value is -3.45. The van der Waals surface area contributed by atoms with E-state index in [9.17, 15) is 4.79 Å². The Morgan fingerprint density at radius 3 is 2.68 bits per heavy atom.